The molecule has 4 nitrogen and oxygen atoms in total. The van der Waals surface area contributed by atoms with Crippen molar-refractivity contribution in [1.29, 1.82) is 0 Å². The average Bonchev–Trinajstić information content (AvgIpc) is 2.60. The van der Waals surface area contributed by atoms with Crippen LogP contribution in [-0.2, 0) is 9.84 Å². The first kappa shape index (κ1) is 13.4. The van der Waals surface area contributed by atoms with Crippen LogP contribution in [0.15, 0.2) is 18.2 Å². The van der Waals surface area contributed by atoms with Crippen molar-refractivity contribution in [1.82, 2.24) is 0 Å². The highest BCUT2D eigenvalue weighted by Crippen LogP contribution is 2.28. The zero-order chi connectivity index (χ0) is 13.3. The van der Waals surface area contributed by atoms with Crippen LogP contribution in [0.25, 0.3) is 0 Å². The molecule has 2 N–H and O–H groups in total. The van der Waals surface area contributed by atoms with Crippen molar-refractivity contribution in [2.75, 3.05) is 11.5 Å². The molecule has 2 atom stereocenters. The quantitative estimate of drug-likeness (QED) is 0.904. The van der Waals surface area contributed by atoms with E-state index in [1.54, 1.807) is 0 Å². The largest absolute Gasteiger partial charge is 0.489 e. The molecule has 1 aliphatic rings. The van der Waals surface area contributed by atoms with E-state index in [1.165, 1.54) is 0 Å². The molecule has 1 aliphatic heterocycles. The van der Waals surface area contributed by atoms with Gasteiger partial charge in [-0.05, 0) is 26.3 Å². The number of rotatable bonds is 3. The van der Waals surface area contributed by atoms with E-state index < -0.39 is 9.84 Å². The van der Waals surface area contributed by atoms with Gasteiger partial charge in [-0.3, -0.25) is 0 Å². The lowest BCUT2D eigenvalue weighted by atomic mass is 10.0. The van der Waals surface area contributed by atoms with Crippen LogP contribution in [0.2, 0.25) is 0 Å². The normalized spacial score (nSPS) is 23.8. The van der Waals surface area contributed by atoms with Gasteiger partial charge in [0, 0.05) is 11.6 Å². The van der Waals surface area contributed by atoms with Crippen molar-refractivity contribution in [3.8, 4) is 5.75 Å². The molecular weight excluding hydrogens is 250 g/mol. The standard InChI is InChI=1S/C13H19NO3S/c1-9-3-4-13(12(7-9)10(2)14)17-11-5-6-18(15,16)8-11/h3-4,7,10-11H,5-6,8,14H2,1-2H3. The minimum absolute atomic E-state index is 0.110. The van der Waals surface area contributed by atoms with Gasteiger partial charge in [0.1, 0.15) is 11.9 Å². The summed E-state index contributed by atoms with van der Waals surface area (Å²) in [6.07, 6.45) is 0.324. The van der Waals surface area contributed by atoms with Gasteiger partial charge in [0.05, 0.1) is 11.5 Å². The predicted octanol–water partition coefficient (Wildman–Crippen LogP) is 1.58. The fourth-order valence-electron chi connectivity index (χ4n) is 2.16. The summed E-state index contributed by atoms with van der Waals surface area (Å²) < 4.78 is 28.6. The Bertz CT molecular complexity index is 537. The molecule has 1 aromatic carbocycles. The Balaban J connectivity index is 2.19. The topological polar surface area (TPSA) is 69.4 Å². The van der Waals surface area contributed by atoms with Crippen molar-refractivity contribution in [2.24, 2.45) is 5.73 Å². The number of aryl methyl sites for hydroxylation is 1. The highest BCUT2D eigenvalue weighted by Gasteiger charge is 2.30. The Morgan fingerprint density at radius 3 is 2.72 bits per heavy atom. The molecule has 5 heteroatoms. The first-order valence-electron chi connectivity index (χ1n) is 6.10. The van der Waals surface area contributed by atoms with E-state index in [9.17, 15) is 8.42 Å². The molecule has 18 heavy (non-hydrogen) atoms. The highest BCUT2D eigenvalue weighted by atomic mass is 32.2. The van der Waals surface area contributed by atoms with E-state index >= 15 is 0 Å². The van der Waals surface area contributed by atoms with Crippen molar-refractivity contribution in [3.05, 3.63) is 29.3 Å². The minimum Gasteiger partial charge on any atom is -0.489 e. The van der Waals surface area contributed by atoms with Gasteiger partial charge in [0.15, 0.2) is 9.84 Å². The average molecular weight is 269 g/mol. The maximum atomic E-state index is 11.4. The second kappa shape index (κ2) is 4.90. The summed E-state index contributed by atoms with van der Waals surface area (Å²) >= 11 is 0. The van der Waals surface area contributed by atoms with E-state index in [-0.39, 0.29) is 23.7 Å². The number of hydrogen-bond donors (Lipinski definition) is 1. The van der Waals surface area contributed by atoms with Crippen LogP contribution in [-0.4, -0.2) is 26.0 Å². The minimum atomic E-state index is -2.91. The summed E-state index contributed by atoms with van der Waals surface area (Å²) in [5.74, 6) is 1.04. The Morgan fingerprint density at radius 1 is 1.44 bits per heavy atom. The summed E-state index contributed by atoms with van der Waals surface area (Å²) in [6, 6.07) is 5.69. The van der Waals surface area contributed by atoms with E-state index in [4.69, 9.17) is 10.5 Å². The number of benzene rings is 1. The molecule has 0 saturated carbocycles. The molecule has 0 aromatic heterocycles. The molecule has 0 aliphatic carbocycles. The van der Waals surface area contributed by atoms with Crippen LogP contribution < -0.4 is 10.5 Å². The van der Waals surface area contributed by atoms with Crippen LogP contribution in [0.3, 0.4) is 0 Å². The maximum Gasteiger partial charge on any atom is 0.154 e. The maximum absolute atomic E-state index is 11.4. The summed E-state index contributed by atoms with van der Waals surface area (Å²) in [5.41, 5.74) is 7.96. The van der Waals surface area contributed by atoms with Crippen LogP contribution >= 0.6 is 0 Å². The molecule has 0 bridgehead atoms. The zero-order valence-corrected chi connectivity index (χ0v) is 11.5. The van der Waals surface area contributed by atoms with E-state index in [1.807, 2.05) is 32.0 Å². The number of hydrogen-bond acceptors (Lipinski definition) is 4. The fraction of sp³-hybridized carbons (Fsp3) is 0.538. The summed E-state index contributed by atoms with van der Waals surface area (Å²) in [5, 5.41) is 0. The molecule has 1 aromatic rings. The second-order valence-electron chi connectivity index (χ2n) is 4.97. The second-order valence-corrected chi connectivity index (χ2v) is 7.20. The van der Waals surface area contributed by atoms with Gasteiger partial charge in [-0.1, -0.05) is 17.7 Å². The van der Waals surface area contributed by atoms with E-state index in [2.05, 4.69) is 0 Å². The third-order valence-electron chi connectivity index (χ3n) is 3.14. The highest BCUT2D eigenvalue weighted by molar-refractivity contribution is 7.91. The monoisotopic (exact) mass is 269 g/mol. The van der Waals surface area contributed by atoms with Crippen molar-refractivity contribution in [2.45, 2.75) is 32.4 Å². The molecule has 0 radical (unpaired) electrons. The number of ether oxygens (including phenoxy) is 1. The van der Waals surface area contributed by atoms with E-state index in [0.29, 0.717) is 12.2 Å². The molecule has 2 rings (SSSR count). The van der Waals surface area contributed by atoms with Crippen LogP contribution in [0.4, 0.5) is 0 Å². The third-order valence-corrected chi connectivity index (χ3v) is 4.88. The van der Waals surface area contributed by atoms with Crippen LogP contribution in [0.5, 0.6) is 5.75 Å². The van der Waals surface area contributed by atoms with Gasteiger partial charge in [-0.15, -0.1) is 0 Å². The molecule has 1 fully saturated rings. The van der Waals surface area contributed by atoms with Gasteiger partial charge in [-0.25, -0.2) is 8.42 Å². The van der Waals surface area contributed by atoms with Crippen molar-refractivity contribution >= 4 is 9.84 Å². The van der Waals surface area contributed by atoms with Gasteiger partial charge in [-0.2, -0.15) is 0 Å². The van der Waals surface area contributed by atoms with E-state index in [0.717, 1.165) is 11.1 Å². The summed E-state index contributed by atoms with van der Waals surface area (Å²) in [6.45, 7) is 3.89. The lowest BCUT2D eigenvalue weighted by Gasteiger charge is -2.18. The van der Waals surface area contributed by atoms with Gasteiger partial charge >= 0.3 is 0 Å². The number of nitrogens with two attached hydrogens (primary N) is 1. The molecule has 2 unspecified atom stereocenters. The first-order chi connectivity index (χ1) is 8.37. The summed E-state index contributed by atoms with van der Waals surface area (Å²) in [4.78, 5) is 0. The lowest BCUT2D eigenvalue weighted by Crippen LogP contribution is -2.19. The first-order valence-corrected chi connectivity index (χ1v) is 7.93. The van der Waals surface area contributed by atoms with Gasteiger partial charge in [0.25, 0.3) is 0 Å². The summed E-state index contributed by atoms with van der Waals surface area (Å²) in [7, 11) is -2.91. The Kier molecular flexibility index (Phi) is 3.64. The molecular formula is C13H19NO3S. The fourth-order valence-corrected chi connectivity index (χ4v) is 3.75. The third kappa shape index (κ3) is 3.03. The molecule has 0 amide bonds. The molecule has 100 valence electrons. The molecule has 1 heterocycles. The van der Waals surface area contributed by atoms with Crippen molar-refractivity contribution < 1.29 is 13.2 Å². The van der Waals surface area contributed by atoms with Crippen molar-refractivity contribution in [3.63, 3.8) is 0 Å². The smallest absolute Gasteiger partial charge is 0.154 e. The van der Waals surface area contributed by atoms with Gasteiger partial charge < -0.3 is 10.5 Å². The van der Waals surface area contributed by atoms with Gasteiger partial charge in [0.2, 0.25) is 0 Å². The molecule has 0 spiro atoms. The van der Waals surface area contributed by atoms with Crippen LogP contribution in [0.1, 0.15) is 30.5 Å². The predicted molar refractivity (Wildman–Crippen MR) is 71.5 cm³/mol. The Hall–Kier alpha value is -1.07. The number of sulfone groups is 1. The Morgan fingerprint density at radius 2 is 2.17 bits per heavy atom. The lowest BCUT2D eigenvalue weighted by molar-refractivity contribution is 0.225. The molecule has 1 saturated heterocycles. The van der Waals surface area contributed by atoms with Crippen LogP contribution in [0, 0.1) is 6.92 Å². The zero-order valence-electron chi connectivity index (χ0n) is 10.7. The Labute approximate surface area is 108 Å². The SMILES string of the molecule is Cc1ccc(OC2CCS(=O)(=O)C2)c(C(C)N)c1.